The lowest BCUT2D eigenvalue weighted by Crippen LogP contribution is -2.10. The van der Waals surface area contributed by atoms with E-state index < -0.39 is 11.7 Å². The molecule has 1 unspecified atom stereocenters. The molecule has 0 aliphatic rings. The van der Waals surface area contributed by atoms with E-state index in [1.54, 1.807) is 12.1 Å². The summed E-state index contributed by atoms with van der Waals surface area (Å²) < 4.78 is 37.9. The summed E-state index contributed by atoms with van der Waals surface area (Å²) in [5, 5.41) is 0. The summed E-state index contributed by atoms with van der Waals surface area (Å²) in [5.74, 6) is -0.0344. The molecular weight excluding hydrogens is 201 g/mol. The van der Waals surface area contributed by atoms with Gasteiger partial charge < -0.3 is 0 Å². The summed E-state index contributed by atoms with van der Waals surface area (Å²) in [5.41, 5.74) is -0.0854. The Kier molecular flexibility index (Phi) is 3.77. The van der Waals surface area contributed by atoms with Crippen molar-refractivity contribution >= 4 is 0 Å². The first-order chi connectivity index (χ1) is 6.96. The maximum Gasteiger partial charge on any atom is 0.416 e. The SMILES string of the molecule is CCCC(C)c1ccccc1C(F)(F)F. The number of alkyl halides is 3. The number of benzene rings is 1. The third-order valence-corrected chi connectivity index (χ3v) is 2.52. The Morgan fingerprint density at radius 2 is 1.80 bits per heavy atom. The minimum absolute atomic E-state index is 0.0344. The molecule has 0 amide bonds. The van der Waals surface area contributed by atoms with Gasteiger partial charge in [-0.1, -0.05) is 38.5 Å². The molecule has 1 rings (SSSR count). The van der Waals surface area contributed by atoms with Crippen molar-refractivity contribution in [3.05, 3.63) is 35.4 Å². The van der Waals surface area contributed by atoms with E-state index in [2.05, 4.69) is 0 Å². The molecule has 0 heterocycles. The highest BCUT2D eigenvalue weighted by molar-refractivity contribution is 5.32. The van der Waals surface area contributed by atoms with Crippen LogP contribution in [0.1, 0.15) is 43.7 Å². The number of hydrogen-bond acceptors (Lipinski definition) is 0. The summed E-state index contributed by atoms with van der Waals surface area (Å²) in [6.45, 7) is 3.82. The molecule has 15 heavy (non-hydrogen) atoms. The second kappa shape index (κ2) is 4.69. The fourth-order valence-electron chi connectivity index (χ4n) is 1.77. The number of hydrogen-bond donors (Lipinski definition) is 0. The van der Waals surface area contributed by atoms with Crippen LogP contribution in [0.15, 0.2) is 24.3 Å². The van der Waals surface area contributed by atoms with E-state index in [0.29, 0.717) is 5.56 Å². The van der Waals surface area contributed by atoms with Crippen molar-refractivity contribution in [3.63, 3.8) is 0 Å². The van der Waals surface area contributed by atoms with Crippen LogP contribution >= 0.6 is 0 Å². The first kappa shape index (κ1) is 12.1. The van der Waals surface area contributed by atoms with Crippen LogP contribution in [0.25, 0.3) is 0 Å². The van der Waals surface area contributed by atoms with E-state index in [0.717, 1.165) is 18.9 Å². The second-order valence-electron chi connectivity index (χ2n) is 3.77. The maximum atomic E-state index is 12.6. The van der Waals surface area contributed by atoms with Gasteiger partial charge in [0, 0.05) is 0 Å². The minimum atomic E-state index is -4.24. The van der Waals surface area contributed by atoms with Crippen LogP contribution in [-0.2, 0) is 6.18 Å². The van der Waals surface area contributed by atoms with Crippen molar-refractivity contribution in [1.82, 2.24) is 0 Å². The van der Waals surface area contributed by atoms with Crippen molar-refractivity contribution in [3.8, 4) is 0 Å². The van der Waals surface area contributed by atoms with Crippen LogP contribution in [0.4, 0.5) is 13.2 Å². The molecule has 0 fully saturated rings. The van der Waals surface area contributed by atoms with Crippen LogP contribution < -0.4 is 0 Å². The third-order valence-electron chi connectivity index (χ3n) is 2.52. The van der Waals surface area contributed by atoms with Gasteiger partial charge in [-0.05, 0) is 24.0 Å². The lowest BCUT2D eigenvalue weighted by molar-refractivity contribution is -0.138. The predicted molar refractivity (Wildman–Crippen MR) is 54.8 cm³/mol. The van der Waals surface area contributed by atoms with E-state index in [1.165, 1.54) is 6.07 Å². The fraction of sp³-hybridized carbons (Fsp3) is 0.500. The molecular formula is C12H15F3. The molecule has 0 nitrogen and oxygen atoms in total. The highest BCUT2D eigenvalue weighted by Gasteiger charge is 2.33. The second-order valence-corrected chi connectivity index (χ2v) is 3.77. The molecule has 0 saturated heterocycles. The van der Waals surface area contributed by atoms with Gasteiger partial charge in [0.1, 0.15) is 0 Å². The summed E-state index contributed by atoms with van der Waals surface area (Å²) in [6, 6.07) is 5.83. The molecule has 0 aliphatic heterocycles. The van der Waals surface area contributed by atoms with Crippen molar-refractivity contribution in [2.24, 2.45) is 0 Å². The van der Waals surface area contributed by atoms with Gasteiger partial charge in [-0.2, -0.15) is 13.2 Å². The normalized spacial score (nSPS) is 13.9. The predicted octanol–water partition coefficient (Wildman–Crippen LogP) is 4.61. The molecule has 1 aromatic rings. The standard InChI is InChI=1S/C12H15F3/c1-3-6-9(2)10-7-4-5-8-11(10)12(13,14)15/h4-5,7-9H,3,6H2,1-2H3. The summed E-state index contributed by atoms with van der Waals surface area (Å²) in [6.07, 6.45) is -2.56. The van der Waals surface area contributed by atoms with Crippen molar-refractivity contribution in [2.75, 3.05) is 0 Å². The Labute approximate surface area is 88.1 Å². The zero-order chi connectivity index (χ0) is 11.5. The topological polar surface area (TPSA) is 0 Å². The Bertz CT molecular complexity index is 315. The van der Waals surface area contributed by atoms with Crippen LogP contribution in [0, 0.1) is 0 Å². The van der Waals surface area contributed by atoms with Crippen molar-refractivity contribution in [1.29, 1.82) is 0 Å². The first-order valence-electron chi connectivity index (χ1n) is 5.13. The minimum Gasteiger partial charge on any atom is -0.166 e. The molecule has 0 radical (unpaired) electrons. The largest absolute Gasteiger partial charge is 0.416 e. The highest BCUT2D eigenvalue weighted by atomic mass is 19.4. The van der Waals surface area contributed by atoms with E-state index in [1.807, 2.05) is 13.8 Å². The molecule has 3 heteroatoms. The zero-order valence-electron chi connectivity index (χ0n) is 8.93. The van der Waals surface area contributed by atoms with E-state index >= 15 is 0 Å². The van der Waals surface area contributed by atoms with Gasteiger partial charge in [0.15, 0.2) is 0 Å². The summed E-state index contributed by atoms with van der Waals surface area (Å²) >= 11 is 0. The van der Waals surface area contributed by atoms with Crippen LogP contribution in [0.5, 0.6) is 0 Å². The molecule has 0 saturated carbocycles. The Balaban J connectivity index is 3.06. The van der Waals surface area contributed by atoms with Gasteiger partial charge in [-0.15, -0.1) is 0 Å². The Morgan fingerprint density at radius 3 is 2.33 bits per heavy atom. The molecule has 0 bridgehead atoms. The molecule has 0 spiro atoms. The van der Waals surface area contributed by atoms with Gasteiger partial charge in [0.2, 0.25) is 0 Å². The molecule has 84 valence electrons. The summed E-state index contributed by atoms with van der Waals surface area (Å²) in [4.78, 5) is 0. The van der Waals surface area contributed by atoms with Gasteiger partial charge in [-0.25, -0.2) is 0 Å². The monoisotopic (exact) mass is 216 g/mol. The van der Waals surface area contributed by atoms with Crippen LogP contribution in [0.2, 0.25) is 0 Å². The molecule has 0 N–H and O–H groups in total. The van der Waals surface area contributed by atoms with E-state index in [4.69, 9.17) is 0 Å². The molecule has 1 aromatic carbocycles. The Morgan fingerprint density at radius 1 is 1.20 bits per heavy atom. The zero-order valence-corrected chi connectivity index (χ0v) is 8.93. The average Bonchev–Trinajstić information content (AvgIpc) is 2.17. The number of rotatable bonds is 3. The van der Waals surface area contributed by atoms with E-state index in [-0.39, 0.29) is 5.92 Å². The van der Waals surface area contributed by atoms with Crippen LogP contribution in [0.3, 0.4) is 0 Å². The quantitative estimate of drug-likeness (QED) is 0.692. The maximum absolute atomic E-state index is 12.6. The highest BCUT2D eigenvalue weighted by Crippen LogP contribution is 2.36. The molecule has 0 aliphatic carbocycles. The molecule has 1 atom stereocenters. The molecule has 0 aromatic heterocycles. The lowest BCUT2D eigenvalue weighted by atomic mass is 9.92. The van der Waals surface area contributed by atoms with Gasteiger partial charge in [0.25, 0.3) is 0 Å². The third kappa shape index (κ3) is 2.98. The average molecular weight is 216 g/mol. The van der Waals surface area contributed by atoms with Crippen molar-refractivity contribution < 1.29 is 13.2 Å². The Hall–Kier alpha value is -0.990. The van der Waals surface area contributed by atoms with Crippen molar-refractivity contribution in [2.45, 2.75) is 38.8 Å². The summed E-state index contributed by atoms with van der Waals surface area (Å²) in [7, 11) is 0. The van der Waals surface area contributed by atoms with Gasteiger partial charge in [0.05, 0.1) is 5.56 Å². The lowest BCUT2D eigenvalue weighted by Gasteiger charge is -2.17. The van der Waals surface area contributed by atoms with Crippen LogP contribution in [-0.4, -0.2) is 0 Å². The first-order valence-corrected chi connectivity index (χ1v) is 5.13. The fourth-order valence-corrected chi connectivity index (χ4v) is 1.77. The smallest absolute Gasteiger partial charge is 0.166 e. The van der Waals surface area contributed by atoms with Gasteiger partial charge in [-0.3, -0.25) is 0 Å². The van der Waals surface area contributed by atoms with E-state index in [9.17, 15) is 13.2 Å². The van der Waals surface area contributed by atoms with Gasteiger partial charge >= 0.3 is 6.18 Å². The number of halogens is 3.